The maximum atomic E-state index is 9.65. The molecule has 4 nitrogen and oxygen atoms in total. The van der Waals surface area contributed by atoms with Crippen molar-refractivity contribution in [2.75, 3.05) is 7.11 Å². The van der Waals surface area contributed by atoms with Gasteiger partial charge in [-0.15, -0.1) is 0 Å². The Kier molecular flexibility index (Phi) is 5.64. The van der Waals surface area contributed by atoms with Crippen molar-refractivity contribution >= 4 is 22.0 Å². The number of methoxy groups -OCH3 is 1. The van der Waals surface area contributed by atoms with Gasteiger partial charge in [-0.3, -0.25) is 0 Å². The fourth-order valence-corrected chi connectivity index (χ4v) is 2.97. The summed E-state index contributed by atoms with van der Waals surface area (Å²) in [6.45, 7) is 1.95. The third kappa shape index (κ3) is 3.70. The third-order valence-electron chi connectivity index (χ3n) is 3.60. The number of allylic oxidation sites excluding steroid dienone is 1. The molecule has 0 aliphatic heterocycles. The lowest BCUT2D eigenvalue weighted by Gasteiger charge is -2.27. The fraction of sp³-hybridized carbons (Fsp3) is 0.353. The zero-order chi connectivity index (χ0) is 16.1. The van der Waals surface area contributed by atoms with Crippen LogP contribution in [0.3, 0.4) is 0 Å². The minimum absolute atomic E-state index is 0.0937. The number of nitriles is 1. The average molecular weight is 364 g/mol. The van der Waals surface area contributed by atoms with Crippen molar-refractivity contribution in [3.05, 3.63) is 39.9 Å². The molecule has 116 valence electrons. The van der Waals surface area contributed by atoms with E-state index in [0.29, 0.717) is 17.9 Å². The first-order valence-electron chi connectivity index (χ1n) is 7.02. The third-order valence-corrected chi connectivity index (χ3v) is 4.41. The first-order chi connectivity index (χ1) is 10.6. The number of benzene rings is 1. The molecule has 1 aliphatic carbocycles. The number of nitrogens with zero attached hydrogens (tertiary/aromatic N) is 1. The zero-order valence-corrected chi connectivity index (χ0v) is 14.1. The van der Waals surface area contributed by atoms with Crippen molar-refractivity contribution in [3.8, 4) is 17.6 Å². The van der Waals surface area contributed by atoms with E-state index in [2.05, 4.69) is 15.9 Å². The Morgan fingerprint density at radius 2 is 2.18 bits per heavy atom. The molecule has 0 aromatic heterocycles. The second-order valence-corrected chi connectivity index (χ2v) is 5.92. The van der Waals surface area contributed by atoms with Gasteiger partial charge >= 0.3 is 0 Å². The van der Waals surface area contributed by atoms with Crippen molar-refractivity contribution < 1.29 is 14.6 Å². The van der Waals surface area contributed by atoms with Crippen LogP contribution < -0.4 is 9.47 Å². The normalized spacial score (nSPS) is 21.3. The Morgan fingerprint density at radius 3 is 2.82 bits per heavy atom. The minimum atomic E-state index is -0.393. The molecule has 0 saturated carbocycles. The topological polar surface area (TPSA) is 62.5 Å². The van der Waals surface area contributed by atoms with Crippen LogP contribution in [-0.2, 0) is 0 Å². The minimum Gasteiger partial charge on any atom is -0.493 e. The molecule has 0 heterocycles. The number of hydrogen-bond donors (Lipinski definition) is 1. The van der Waals surface area contributed by atoms with Crippen LogP contribution in [0.25, 0.3) is 6.08 Å². The molecule has 0 spiro atoms. The Balaban J connectivity index is 2.35. The molecule has 1 aromatic carbocycles. The van der Waals surface area contributed by atoms with Gasteiger partial charge in [0, 0.05) is 6.08 Å². The Labute approximate surface area is 138 Å². The summed E-state index contributed by atoms with van der Waals surface area (Å²) < 4.78 is 12.2. The largest absolute Gasteiger partial charge is 0.493 e. The molecule has 1 N–H and O–H groups in total. The predicted molar refractivity (Wildman–Crippen MR) is 88.8 cm³/mol. The van der Waals surface area contributed by atoms with E-state index < -0.39 is 6.10 Å². The summed E-state index contributed by atoms with van der Waals surface area (Å²) in [7, 11) is 1.59. The van der Waals surface area contributed by atoms with Crippen molar-refractivity contribution in [1.29, 1.82) is 5.26 Å². The van der Waals surface area contributed by atoms with Gasteiger partial charge in [-0.1, -0.05) is 6.08 Å². The van der Waals surface area contributed by atoms with Gasteiger partial charge in [-0.05, 0) is 65.0 Å². The molecular weight excluding hydrogens is 346 g/mol. The first-order valence-corrected chi connectivity index (χ1v) is 7.81. The van der Waals surface area contributed by atoms with Crippen molar-refractivity contribution in [1.82, 2.24) is 0 Å². The van der Waals surface area contributed by atoms with Crippen LogP contribution in [-0.4, -0.2) is 24.4 Å². The molecular formula is C17H18BrNO3. The summed E-state index contributed by atoms with van der Waals surface area (Å²) in [6, 6.07) is 5.65. The van der Waals surface area contributed by atoms with Crippen LogP contribution in [0.2, 0.25) is 0 Å². The van der Waals surface area contributed by atoms with Crippen molar-refractivity contribution in [2.45, 2.75) is 32.0 Å². The number of ether oxygens (including phenoxy) is 2. The predicted octanol–water partition coefficient (Wildman–Crippen LogP) is 3.84. The summed E-state index contributed by atoms with van der Waals surface area (Å²) in [5.74, 6) is 1.23. The fourth-order valence-electron chi connectivity index (χ4n) is 2.42. The van der Waals surface area contributed by atoms with E-state index in [4.69, 9.17) is 14.7 Å². The van der Waals surface area contributed by atoms with Crippen LogP contribution in [0.4, 0.5) is 0 Å². The van der Waals surface area contributed by atoms with E-state index >= 15 is 0 Å². The van der Waals surface area contributed by atoms with Gasteiger partial charge in [0.25, 0.3) is 0 Å². The van der Waals surface area contributed by atoms with Crippen molar-refractivity contribution in [3.63, 3.8) is 0 Å². The van der Waals surface area contributed by atoms with E-state index in [9.17, 15) is 5.11 Å². The van der Waals surface area contributed by atoms with Crippen molar-refractivity contribution in [2.24, 2.45) is 0 Å². The van der Waals surface area contributed by atoms with Crippen LogP contribution in [0.5, 0.6) is 11.5 Å². The highest BCUT2D eigenvalue weighted by Crippen LogP contribution is 2.40. The monoisotopic (exact) mass is 363 g/mol. The first kappa shape index (κ1) is 16.6. The highest BCUT2D eigenvalue weighted by Gasteiger charge is 2.23. The smallest absolute Gasteiger partial charge is 0.176 e. The van der Waals surface area contributed by atoms with Gasteiger partial charge in [0.15, 0.2) is 11.5 Å². The van der Waals surface area contributed by atoms with E-state index in [1.807, 2.05) is 31.2 Å². The lowest BCUT2D eigenvalue weighted by Crippen LogP contribution is -2.26. The summed E-state index contributed by atoms with van der Waals surface area (Å²) in [6.07, 6.45) is 5.89. The van der Waals surface area contributed by atoms with Crippen LogP contribution in [0.1, 0.15) is 25.3 Å². The van der Waals surface area contributed by atoms with Gasteiger partial charge < -0.3 is 14.6 Å². The second-order valence-electron chi connectivity index (χ2n) is 5.12. The molecule has 0 amide bonds. The highest BCUT2D eigenvalue weighted by atomic mass is 79.9. The van der Waals surface area contributed by atoms with Gasteiger partial charge in [-0.2, -0.15) is 5.26 Å². The van der Waals surface area contributed by atoms with E-state index in [-0.39, 0.29) is 6.10 Å². The highest BCUT2D eigenvalue weighted by molar-refractivity contribution is 9.10. The van der Waals surface area contributed by atoms with Crippen LogP contribution in [0.15, 0.2) is 34.3 Å². The van der Waals surface area contributed by atoms with Gasteiger partial charge in [0.2, 0.25) is 0 Å². The Hall–Kier alpha value is -1.77. The number of aliphatic hydroxyl groups is 1. The molecule has 0 radical (unpaired) electrons. The SMILES string of the molecule is COc1ccc(/C=C\C#N)c(Br)c1OC1CCC(O)C=C1C. The molecule has 2 rings (SSSR count). The molecule has 0 fully saturated rings. The van der Waals surface area contributed by atoms with Crippen LogP contribution in [0, 0.1) is 11.3 Å². The molecule has 2 atom stereocenters. The van der Waals surface area contributed by atoms with Gasteiger partial charge in [-0.25, -0.2) is 0 Å². The zero-order valence-electron chi connectivity index (χ0n) is 12.5. The van der Waals surface area contributed by atoms with E-state index in [0.717, 1.165) is 22.0 Å². The maximum Gasteiger partial charge on any atom is 0.176 e. The summed E-state index contributed by atoms with van der Waals surface area (Å²) >= 11 is 3.53. The molecule has 0 saturated heterocycles. The van der Waals surface area contributed by atoms with E-state index in [1.165, 1.54) is 6.08 Å². The molecule has 1 aliphatic rings. The Morgan fingerprint density at radius 1 is 1.41 bits per heavy atom. The molecule has 5 heteroatoms. The summed E-state index contributed by atoms with van der Waals surface area (Å²) in [5, 5.41) is 18.3. The molecule has 22 heavy (non-hydrogen) atoms. The summed E-state index contributed by atoms with van der Waals surface area (Å²) in [4.78, 5) is 0. The lowest BCUT2D eigenvalue weighted by atomic mass is 9.95. The van der Waals surface area contributed by atoms with Crippen LogP contribution >= 0.6 is 15.9 Å². The van der Waals surface area contributed by atoms with Gasteiger partial charge in [0.05, 0.1) is 23.8 Å². The summed E-state index contributed by atoms with van der Waals surface area (Å²) in [5.41, 5.74) is 1.85. The molecule has 1 aromatic rings. The maximum absolute atomic E-state index is 9.65. The second kappa shape index (κ2) is 7.48. The average Bonchev–Trinajstić information content (AvgIpc) is 2.50. The lowest BCUT2D eigenvalue weighted by molar-refractivity contribution is 0.147. The number of halogens is 1. The quantitative estimate of drug-likeness (QED) is 0.651. The number of hydrogen-bond acceptors (Lipinski definition) is 4. The Bertz CT molecular complexity index is 646. The molecule has 0 bridgehead atoms. The standard InChI is InChI=1S/C17H18BrNO3/c1-11-10-13(20)6-8-14(11)22-17-15(21-2)7-5-12(16(17)18)4-3-9-19/h3-5,7,10,13-14,20H,6,8H2,1-2H3/b4-3-. The number of aliphatic hydroxyl groups excluding tert-OH is 1. The number of rotatable bonds is 4. The molecule has 2 unspecified atom stereocenters. The van der Waals surface area contributed by atoms with E-state index in [1.54, 1.807) is 13.2 Å². The van der Waals surface area contributed by atoms with Gasteiger partial charge in [0.1, 0.15) is 6.10 Å².